The minimum absolute atomic E-state index is 0.0189. The maximum Gasteiger partial charge on any atom is 0.416 e. The monoisotopic (exact) mass is 616 g/mol. The molecular formula is C36H39F3N4O2. The molecule has 9 heteroatoms. The van der Waals surface area contributed by atoms with E-state index in [9.17, 15) is 23.1 Å². The first kappa shape index (κ1) is 31.0. The van der Waals surface area contributed by atoms with Crippen molar-refractivity contribution in [1.82, 2.24) is 20.1 Å². The molecule has 0 aliphatic carbocycles. The van der Waals surface area contributed by atoms with Crippen molar-refractivity contribution in [1.29, 1.82) is 0 Å². The second kappa shape index (κ2) is 13.2. The smallest absolute Gasteiger partial charge is 0.416 e. The number of alkyl halides is 3. The minimum Gasteiger partial charge on any atom is -0.508 e. The Balaban J connectivity index is 1.43. The van der Waals surface area contributed by atoms with Gasteiger partial charge in [-0.2, -0.15) is 13.2 Å². The van der Waals surface area contributed by atoms with Crippen LogP contribution >= 0.6 is 0 Å². The number of amides is 1. The fourth-order valence-corrected chi connectivity index (χ4v) is 6.83. The Morgan fingerprint density at radius 3 is 2.40 bits per heavy atom. The van der Waals surface area contributed by atoms with Gasteiger partial charge < -0.3 is 15.3 Å². The molecule has 2 saturated heterocycles. The average molecular weight is 617 g/mol. The van der Waals surface area contributed by atoms with E-state index in [1.165, 1.54) is 37.5 Å². The van der Waals surface area contributed by atoms with E-state index < -0.39 is 11.7 Å². The van der Waals surface area contributed by atoms with Gasteiger partial charge in [0.05, 0.1) is 28.4 Å². The van der Waals surface area contributed by atoms with E-state index in [0.29, 0.717) is 45.9 Å². The SMILES string of the molecule is C[C@H](NC(=O)c1c(CN2CCC(N3CCCCC3)CC2)c(-c2cccc(C(F)(F)F)c2)nc2ccc(O)cc12)c1ccccc1. The Labute approximate surface area is 261 Å². The molecule has 1 amide bonds. The Bertz CT molecular complexity index is 1650. The number of piperidine rings is 2. The molecule has 0 spiro atoms. The molecule has 0 unspecified atom stereocenters. The van der Waals surface area contributed by atoms with Crippen molar-refractivity contribution in [3.05, 3.63) is 95.1 Å². The van der Waals surface area contributed by atoms with Crippen LogP contribution in [0.1, 0.15) is 72.1 Å². The molecule has 6 nitrogen and oxygen atoms in total. The van der Waals surface area contributed by atoms with Crippen molar-refractivity contribution in [2.24, 2.45) is 0 Å². The second-order valence-corrected chi connectivity index (χ2v) is 12.3. The van der Waals surface area contributed by atoms with Gasteiger partial charge in [-0.1, -0.05) is 48.9 Å². The summed E-state index contributed by atoms with van der Waals surface area (Å²) in [5.41, 5.74) is 2.09. The maximum absolute atomic E-state index is 14.3. The van der Waals surface area contributed by atoms with Crippen LogP contribution in [0.25, 0.3) is 22.2 Å². The summed E-state index contributed by atoms with van der Waals surface area (Å²) >= 11 is 0. The van der Waals surface area contributed by atoms with Crippen LogP contribution in [0.15, 0.2) is 72.8 Å². The first-order chi connectivity index (χ1) is 21.7. The standard InChI is InChI=1S/C36H39F3N4O2/c1-24(25-9-4-2-5-10-25)40-35(45)33-30-22-29(44)13-14-32(30)41-34(26-11-8-12-27(21-26)36(37,38)39)31(33)23-42-19-15-28(16-20-42)43-17-6-3-7-18-43/h2,4-5,8-14,21-22,24,28,44H,3,6-7,15-20,23H2,1H3,(H,40,45)/t24-/m0/s1. The van der Waals surface area contributed by atoms with Gasteiger partial charge in [0.15, 0.2) is 0 Å². The molecule has 6 rings (SSSR count). The second-order valence-electron chi connectivity index (χ2n) is 12.3. The Hall–Kier alpha value is -3.95. The van der Waals surface area contributed by atoms with Gasteiger partial charge in [0.1, 0.15) is 5.75 Å². The Kier molecular flexibility index (Phi) is 9.10. The van der Waals surface area contributed by atoms with Crippen molar-refractivity contribution in [3.63, 3.8) is 0 Å². The number of fused-ring (bicyclic) bond motifs is 1. The van der Waals surface area contributed by atoms with Gasteiger partial charge in [-0.25, -0.2) is 4.98 Å². The fraction of sp³-hybridized carbons (Fsp3) is 0.389. The van der Waals surface area contributed by atoms with Gasteiger partial charge in [-0.3, -0.25) is 9.69 Å². The molecule has 45 heavy (non-hydrogen) atoms. The van der Waals surface area contributed by atoms with Gasteiger partial charge in [-0.15, -0.1) is 0 Å². The molecule has 0 saturated carbocycles. The number of aromatic hydroxyl groups is 1. The molecule has 4 aromatic rings. The third kappa shape index (κ3) is 6.99. The van der Waals surface area contributed by atoms with Crippen molar-refractivity contribution in [2.45, 2.75) is 63.8 Å². The lowest BCUT2D eigenvalue weighted by Gasteiger charge is -2.40. The number of carbonyl (C=O) groups is 1. The van der Waals surface area contributed by atoms with Crippen molar-refractivity contribution in [3.8, 4) is 17.0 Å². The molecule has 0 radical (unpaired) electrons. The number of phenols is 1. The quantitative estimate of drug-likeness (QED) is 0.224. The van der Waals surface area contributed by atoms with Crippen molar-refractivity contribution < 1.29 is 23.1 Å². The zero-order chi connectivity index (χ0) is 31.6. The Morgan fingerprint density at radius 1 is 0.956 bits per heavy atom. The first-order valence-corrected chi connectivity index (χ1v) is 15.8. The van der Waals surface area contributed by atoms with Crippen LogP contribution in [-0.2, 0) is 12.7 Å². The molecule has 236 valence electrons. The van der Waals surface area contributed by atoms with E-state index >= 15 is 0 Å². The number of nitrogens with one attached hydrogen (secondary N) is 1. The van der Waals surface area contributed by atoms with Gasteiger partial charge in [0, 0.05) is 29.1 Å². The molecule has 0 bridgehead atoms. The number of aromatic nitrogens is 1. The van der Waals surface area contributed by atoms with Crippen LogP contribution in [0, 0.1) is 0 Å². The summed E-state index contributed by atoms with van der Waals surface area (Å²) < 4.78 is 41.5. The highest BCUT2D eigenvalue weighted by Gasteiger charge is 2.32. The van der Waals surface area contributed by atoms with E-state index in [4.69, 9.17) is 4.98 Å². The largest absolute Gasteiger partial charge is 0.508 e. The fourth-order valence-electron chi connectivity index (χ4n) is 6.83. The van der Waals surface area contributed by atoms with E-state index in [-0.39, 0.29) is 17.7 Å². The summed E-state index contributed by atoms with van der Waals surface area (Å²) in [5.74, 6) is -0.384. The Morgan fingerprint density at radius 2 is 1.69 bits per heavy atom. The van der Waals surface area contributed by atoms with Crippen molar-refractivity contribution in [2.75, 3.05) is 26.2 Å². The van der Waals surface area contributed by atoms with Crippen LogP contribution in [0.5, 0.6) is 5.75 Å². The van der Waals surface area contributed by atoms with Crippen molar-refractivity contribution >= 4 is 16.8 Å². The van der Waals surface area contributed by atoms with Crippen LogP contribution in [0.2, 0.25) is 0 Å². The van der Waals surface area contributed by atoms with Gasteiger partial charge in [0.25, 0.3) is 5.91 Å². The number of hydrogen-bond acceptors (Lipinski definition) is 5. The lowest BCUT2D eigenvalue weighted by atomic mass is 9.93. The number of halogens is 3. The average Bonchev–Trinajstić information content (AvgIpc) is 3.05. The van der Waals surface area contributed by atoms with Crippen LogP contribution in [0.4, 0.5) is 13.2 Å². The lowest BCUT2D eigenvalue weighted by Crippen LogP contribution is -2.46. The van der Waals surface area contributed by atoms with Gasteiger partial charge in [0.2, 0.25) is 0 Å². The van der Waals surface area contributed by atoms with E-state index in [1.807, 2.05) is 37.3 Å². The summed E-state index contributed by atoms with van der Waals surface area (Å²) in [4.78, 5) is 24.0. The molecule has 1 aromatic heterocycles. The third-order valence-corrected chi connectivity index (χ3v) is 9.25. The number of hydrogen-bond donors (Lipinski definition) is 2. The van der Waals surface area contributed by atoms with E-state index in [0.717, 1.165) is 56.7 Å². The summed E-state index contributed by atoms with van der Waals surface area (Å²) in [5, 5.41) is 14.0. The van der Waals surface area contributed by atoms with E-state index in [1.54, 1.807) is 12.1 Å². The molecular weight excluding hydrogens is 577 g/mol. The zero-order valence-corrected chi connectivity index (χ0v) is 25.5. The van der Waals surface area contributed by atoms with Gasteiger partial charge >= 0.3 is 6.18 Å². The van der Waals surface area contributed by atoms with E-state index in [2.05, 4.69) is 15.1 Å². The number of rotatable bonds is 7. The van der Waals surface area contributed by atoms with Crippen LogP contribution in [0.3, 0.4) is 0 Å². The maximum atomic E-state index is 14.3. The number of nitrogens with zero attached hydrogens (tertiary/aromatic N) is 3. The summed E-state index contributed by atoms with van der Waals surface area (Å²) in [6.45, 7) is 6.12. The molecule has 2 aliphatic rings. The molecule has 3 heterocycles. The molecule has 2 aliphatic heterocycles. The predicted octanol–water partition coefficient (Wildman–Crippen LogP) is 7.57. The number of likely N-dealkylation sites (tertiary alicyclic amines) is 2. The predicted molar refractivity (Wildman–Crippen MR) is 170 cm³/mol. The van der Waals surface area contributed by atoms with Crippen LogP contribution in [-0.4, -0.2) is 58.0 Å². The highest BCUT2D eigenvalue weighted by Crippen LogP contribution is 2.37. The number of pyridine rings is 1. The molecule has 3 aromatic carbocycles. The highest BCUT2D eigenvalue weighted by molar-refractivity contribution is 6.09. The molecule has 2 fully saturated rings. The summed E-state index contributed by atoms with van der Waals surface area (Å²) in [6.07, 6.45) is 1.21. The van der Waals surface area contributed by atoms with Crippen LogP contribution < -0.4 is 5.32 Å². The minimum atomic E-state index is -4.53. The molecule has 2 N–H and O–H groups in total. The first-order valence-electron chi connectivity index (χ1n) is 15.8. The number of phenolic OH excluding ortho intramolecular Hbond substituents is 1. The molecule has 1 atom stereocenters. The third-order valence-electron chi connectivity index (χ3n) is 9.25. The zero-order valence-electron chi connectivity index (χ0n) is 25.5. The van der Waals surface area contributed by atoms with Gasteiger partial charge in [-0.05, 0) is 94.7 Å². The lowest BCUT2D eigenvalue weighted by molar-refractivity contribution is -0.137. The summed E-state index contributed by atoms with van der Waals surface area (Å²) in [6, 6.07) is 19.5. The summed E-state index contributed by atoms with van der Waals surface area (Å²) in [7, 11) is 0. The topological polar surface area (TPSA) is 68.7 Å². The highest BCUT2D eigenvalue weighted by atomic mass is 19.4. The number of benzene rings is 3. The number of carbonyl (C=O) groups excluding carboxylic acids is 1. The normalized spacial score (nSPS) is 17.8.